The molecule has 1 aliphatic rings. The van der Waals surface area contributed by atoms with E-state index in [1.165, 1.54) is 4.63 Å². The zero-order valence-corrected chi connectivity index (χ0v) is 14.7. The molecule has 25 heavy (non-hydrogen) atoms. The molecule has 0 spiro atoms. The molecule has 3 rings (SSSR count). The average Bonchev–Trinajstić information content (AvgIpc) is 3.13. The van der Waals surface area contributed by atoms with Gasteiger partial charge in [-0.05, 0) is 41.3 Å². The number of fused-ring (bicyclic) bond motifs is 1. The van der Waals surface area contributed by atoms with Gasteiger partial charge in [-0.1, -0.05) is 20.3 Å². The van der Waals surface area contributed by atoms with Crippen LogP contribution >= 0.6 is 0 Å². The van der Waals surface area contributed by atoms with Crippen LogP contribution < -0.4 is 10.2 Å². The number of piperidine rings is 1. The fraction of sp³-hybridized carbons (Fsp3) is 0.688. The molecule has 0 saturated carbocycles. The molecule has 1 amide bonds. The first-order valence-electron chi connectivity index (χ1n) is 8.84. The number of nitrogens with one attached hydrogen (secondary N) is 1. The van der Waals surface area contributed by atoms with Crippen molar-refractivity contribution in [1.29, 1.82) is 0 Å². The van der Waals surface area contributed by atoms with Gasteiger partial charge in [0.2, 0.25) is 5.91 Å². The minimum Gasteiger partial charge on any atom is -0.394 e. The Hall–Kier alpha value is -2.29. The lowest BCUT2D eigenvalue weighted by Crippen LogP contribution is -2.47. The Labute approximate surface area is 146 Å². The van der Waals surface area contributed by atoms with Crippen molar-refractivity contribution < 1.29 is 9.90 Å². The van der Waals surface area contributed by atoms with E-state index in [-0.39, 0.29) is 30.4 Å². The monoisotopic (exact) mass is 347 g/mol. The lowest BCUT2D eigenvalue weighted by molar-refractivity contribution is -0.127. The predicted octanol–water partition coefficient (Wildman–Crippen LogP) is 0.259. The molecular weight excluding hydrogens is 322 g/mol. The summed E-state index contributed by atoms with van der Waals surface area (Å²) in [6, 6.07) is 3.56. The largest absolute Gasteiger partial charge is 0.394 e. The van der Waals surface area contributed by atoms with E-state index in [9.17, 15) is 9.90 Å². The van der Waals surface area contributed by atoms with Crippen LogP contribution in [-0.2, 0) is 4.79 Å². The number of anilines is 1. The van der Waals surface area contributed by atoms with E-state index < -0.39 is 0 Å². The summed E-state index contributed by atoms with van der Waals surface area (Å²) in [5.74, 6) is 1.10. The molecule has 0 bridgehead atoms. The number of carbonyl (C=O) groups is 1. The van der Waals surface area contributed by atoms with Crippen LogP contribution in [0.1, 0.15) is 33.1 Å². The number of hydrogen-bond donors (Lipinski definition) is 2. The number of nitrogens with zero attached hydrogens (tertiary/aromatic N) is 6. The average molecular weight is 347 g/mol. The van der Waals surface area contributed by atoms with Gasteiger partial charge in [0.15, 0.2) is 11.5 Å². The van der Waals surface area contributed by atoms with E-state index in [1.807, 2.05) is 19.1 Å². The molecule has 9 nitrogen and oxygen atoms in total. The Kier molecular flexibility index (Phi) is 5.42. The van der Waals surface area contributed by atoms with E-state index >= 15 is 0 Å². The molecule has 2 atom stereocenters. The lowest BCUT2D eigenvalue weighted by Gasteiger charge is -2.33. The third-order valence-electron chi connectivity index (χ3n) is 5.10. The van der Waals surface area contributed by atoms with E-state index in [0.29, 0.717) is 5.65 Å². The summed E-state index contributed by atoms with van der Waals surface area (Å²) in [6.45, 7) is 5.60. The second kappa shape index (κ2) is 7.73. The van der Waals surface area contributed by atoms with Gasteiger partial charge < -0.3 is 15.3 Å². The van der Waals surface area contributed by atoms with Crippen molar-refractivity contribution in [3.05, 3.63) is 12.1 Å². The highest BCUT2D eigenvalue weighted by Crippen LogP contribution is 2.22. The smallest absolute Gasteiger partial charge is 0.223 e. The Morgan fingerprint density at radius 3 is 2.84 bits per heavy atom. The Morgan fingerprint density at radius 2 is 2.16 bits per heavy atom. The van der Waals surface area contributed by atoms with Gasteiger partial charge in [0.1, 0.15) is 0 Å². The van der Waals surface area contributed by atoms with Crippen LogP contribution in [0.4, 0.5) is 5.82 Å². The van der Waals surface area contributed by atoms with Crippen molar-refractivity contribution in [1.82, 2.24) is 30.6 Å². The van der Waals surface area contributed by atoms with Gasteiger partial charge in [0, 0.05) is 19.0 Å². The SMILES string of the molecule is CC[C@@H](C)[C@@H](CO)NC(=O)C1CCN(c2ccc3nnnn3n2)CC1. The van der Waals surface area contributed by atoms with Crippen LogP contribution in [0.3, 0.4) is 0 Å². The molecule has 136 valence electrons. The van der Waals surface area contributed by atoms with Crippen molar-refractivity contribution in [3.8, 4) is 0 Å². The first-order chi connectivity index (χ1) is 12.1. The van der Waals surface area contributed by atoms with Crippen LogP contribution in [0, 0.1) is 11.8 Å². The third-order valence-corrected chi connectivity index (χ3v) is 5.10. The Balaban J connectivity index is 1.56. The molecule has 2 N–H and O–H groups in total. The quantitative estimate of drug-likeness (QED) is 0.771. The van der Waals surface area contributed by atoms with Crippen molar-refractivity contribution in [2.45, 2.75) is 39.2 Å². The molecule has 0 aromatic carbocycles. The van der Waals surface area contributed by atoms with Crippen LogP contribution in [0.5, 0.6) is 0 Å². The zero-order valence-electron chi connectivity index (χ0n) is 14.7. The minimum absolute atomic E-state index is 0.0184. The minimum atomic E-state index is -0.167. The van der Waals surface area contributed by atoms with E-state index in [4.69, 9.17) is 0 Å². The first-order valence-corrected chi connectivity index (χ1v) is 8.84. The van der Waals surface area contributed by atoms with Gasteiger partial charge >= 0.3 is 0 Å². The fourth-order valence-corrected chi connectivity index (χ4v) is 3.13. The maximum absolute atomic E-state index is 12.5. The van der Waals surface area contributed by atoms with E-state index in [0.717, 1.165) is 38.2 Å². The summed E-state index contributed by atoms with van der Waals surface area (Å²) < 4.78 is 1.41. The van der Waals surface area contributed by atoms with Crippen molar-refractivity contribution in [2.75, 3.05) is 24.6 Å². The fourth-order valence-electron chi connectivity index (χ4n) is 3.13. The maximum atomic E-state index is 12.5. The van der Waals surface area contributed by atoms with Gasteiger partial charge in [-0.2, -0.15) is 0 Å². The van der Waals surface area contributed by atoms with Gasteiger partial charge in [0.25, 0.3) is 0 Å². The van der Waals surface area contributed by atoms with Crippen LogP contribution in [0.2, 0.25) is 0 Å². The molecule has 0 unspecified atom stereocenters. The summed E-state index contributed by atoms with van der Waals surface area (Å²) in [4.78, 5) is 14.6. The summed E-state index contributed by atoms with van der Waals surface area (Å²) >= 11 is 0. The maximum Gasteiger partial charge on any atom is 0.223 e. The molecule has 0 aliphatic carbocycles. The molecule has 3 heterocycles. The summed E-state index contributed by atoms with van der Waals surface area (Å²) in [6.07, 6.45) is 2.45. The van der Waals surface area contributed by atoms with E-state index in [2.05, 4.69) is 37.8 Å². The first kappa shape index (κ1) is 17.5. The van der Waals surface area contributed by atoms with Crippen molar-refractivity contribution in [3.63, 3.8) is 0 Å². The Bertz CT molecular complexity index is 711. The number of tetrazole rings is 1. The second-order valence-electron chi connectivity index (χ2n) is 6.66. The number of aliphatic hydroxyl groups excluding tert-OH is 1. The molecule has 9 heteroatoms. The molecule has 1 fully saturated rings. The highest BCUT2D eigenvalue weighted by molar-refractivity contribution is 5.79. The Morgan fingerprint density at radius 1 is 1.40 bits per heavy atom. The van der Waals surface area contributed by atoms with Crippen molar-refractivity contribution >= 4 is 17.4 Å². The number of aromatic nitrogens is 5. The highest BCUT2D eigenvalue weighted by Gasteiger charge is 2.28. The molecule has 1 saturated heterocycles. The van der Waals surface area contributed by atoms with Crippen molar-refractivity contribution in [2.24, 2.45) is 11.8 Å². The topological polar surface area (TPSA) is 109 Å². The van der Waals surface area contributed by atoms with Crippen LogP contribution in [0.25, 0.3) is 5.65 Å². The molecular formula is C16H25N7O2. The number of carbonyl (C=O) groups excluding carboxylic acids is 1. The lowest BCUT2D eigenvalue weighted by atomic mass is 9.94. The van der Waals surface area contributed by atoms with E-state index in [1.54, 1.807) is 0 Å². The summed E-state index contributed by atoms with van der Waals surface area (Å²) in [5.41, 5.74) is 0.609. The molecule has 0 radical (unpaired) electrons. The molecule has 2 aromatic heterocycles. The normalized spacial score (nSPS) is 18.3. The van der Waals surface area contributed by atoms with Gasteiger partial charge in [0.05, 0.1) is 12.6 Å². The summed E-state index contributed by atoms with van der Waals surface area (Å²) in [5, 5.41) is 28.1. The molecule has 1 aliphatic heterocycles. The standard InChI is InChI=1S/C16H25N7O2/c1-3-11(2)13(10-24)17-16(25)12-6-8-22(9-7-12)15-5-4-14-18-20-21-23(14)19-15/h4-5,11-13,24H,3,6-10H2,1-2H3,(H,17,25)/t11-,13-/m1/s1. The predicted molar refractivity (Wildman–Crippen MR) is 92.0 cm³/mol. The number of rotatable bonds is 6. The third kappa shape index (κ3) is 3.87. The van der Waals surface area contributed by atoms with Gasteiger partial charge in [-0.3, -0.25) is 4.79 Å². The highest BCUT2D eigenvalue weighted by atomic mass is 16.3. The second-order valence-corrected chi connectivity index (χ2v) is 6.66. The van der Waals surface area contributed by atoms with Gasteiger partial charge in [-0.15, -0.1) is 14.8 Å². The number of hydrogen-bond acceptors (Lipinski definition) is 7. The van der Waals surface area contributed by atoms with Crippen LogP contribution in [-0.4, -0.2) is 62.0 Å². The molecule has 2 aromatic rings. The number of amides is 1. The van der Waals surface area contributed by atoms with Crippen LogP contribution in [0.15, 0.2) is 12.1 Å². The zero-order chi connectivity index (χ0) is 17.8. The van der Waals surface area contributed by atoms with Gasteiger partial charge in [-0.25, -0.2) is 0 Å². The summed E-state index contributed by atoms with van der Waals surface area (Å²) in [7, 11) is 0. The number of aliphatic hydroxyl groups is 1.